The second-order valence-corrected chi connectivity index (χ2v) is 7.23. The van der Waals surface area contributed by atoms with E-state index in [0.29, 0.717) is 5.82 Å². The van der Waals surface area contributed by atoms with Gasteiger partial charge in [-0.25, -0.2) is 4.98 Å². The monoisotopic (exact) mass is 336 g/mol. The van der Waals surface area contributed by atoms with Crippen LogP contribution in [0.5, 0.6) is 0 Å². The SMILES string of the molecule is CCCCCCCCCCCCCCCCCC(O)c1ncc[nH]1. The summed E-state index contributed by atoms with van der Waals surface area (Å²) in [6.07, 6.45) is 24.5. The highest BCUT2D eigenvalue weighted by Gasteiger charge is 2.08. The Morgan fingerprint density at radius 3 is 1.67 bits per heavy atom. The number of aliphatic hydroxyl groups is 1. The number of unbranched alkanes of at least 4 members (excludes halogenated alkanes) is 14. The first-order valence-corrected chi connectivity index (χ1v) is 10.5. The highest BCUT2D eigenvalue weighted by molar-refractivity contribution is 4.91. The molecule has 0 fully saturated rings. The maximum Gasteiger partial charge on any atom is 0.134 e. The zero-order valence-electron chi connectivity index (χ0n) is 15.9. The molecule has 0 amide bonds. The van der Waals surface area contributed by atoms with Crippen LogP contribution in [0.1, 0.15) is 122 Å². The van der Waals surface area contributed by atoms with Gasteiger partial charge < -0.3 is 10.1 Å². The lowest BCUT2D eigenvalue weighted by Gasteiger charge is -2.07. The van der Waals surface area contributed by atoms with E-state index < -0.39 is 6.10 Å². The van der Waals surface area contributed by atoms with Gasteiger partial charge in [0.25, 0.3) is 0 Å². The van der Waals surface area contributed by atoms with E-state index in [1.165, 1.54) is 89.9 Å². The van der Waals surface area contributed by atoms with Crippen molar-refractivity contribution in [3.05, 3.63) is 18.2 Å². The average molecular weight is 337 g/mol. The van der Waals surface area contributed by atoms with Crippen LogP contribution in [-0.4, -0.2) is 15.1 Å². The maximum absolute atomic E-state index is 9.92. The van der Waals surface area contributed by atoms with E-state index in [-0.39, 0.29) is 0 Å². The van der Waals surface area contributed by atoms with Crippen LogP contribution in [0.3, 0.4) is 0 Å². The molecule has 0 aliphatic heterocycles. The summed E-state index contributed by atoms with van der Waals surface area (Å²) in [5.41, 5.74) is 0. The predicted molar refractivity (Wildman–Crippen MR) is 103 cm³/mol. The van der Waals surface area contributed by atoms with Crippen molar-refractivity contribution in [1.29, 1.82) is 0 Å². The minimum Gasteiger partial charge on any atom is -0.385 e. The Hall–Kier alpha value is -0.830. The summed E-state index contributed by atoms with van der Waals surface area (Å²) < 4.78 is 0. The molecule has 0 bridgehead atoms. The first-order chi connectivity index (χ1) is 11.8. The lowest BCUT2D eigenvalue weighted by Crippen LogP contribution is -1.99. The number of H-pyrrole nitrogens is 1. The number of hydrogen-bond acceptors (Lipinski definition) is 2. The minimum absolute atomic E-state index is 0.415. The van der Waals surface area contributed by atoms with Gasteiger partial charge in [-0.1, -0.05) is 103 Å². The highest BCUT2D eigenvalue weighted by Crippen LogP contribution is 2.17. The Morgan fingerprint density at radius 2 is 1.25 bits per heavy atom. The maximum atomic E-state index is 9.92. The van der Waals surface area contributed by atoms with Crippen molar-refractivity contribution in [1.82, 2.24) is 9.97 Å². The lowest BCUT2D eigenvalue weighted by molar-refractivity contribution is 0.154. The van der Waals surface area contributed by atoms with Gasteiger partial charge in [0, 0.05) is 12.4 Å². The largest absolute Gasteiger partial charge is 0.385 e. The summed E-state index contributed by atoms with van der Waals surface area (Å²) >= 11 is 0. The van der Waals surface area contributed by atoms with Crippen molar-refractivity contribution < 1.29 is 5.11 Å². The van der Waals surface area contributed by atoms with Crippen molar-refractivity contribution in [3.63, 3.8) is 0 Å². The molecule has 0 aliphatic rings. The molecule has 24 heavy (non-hydrogen) atoms. The summed E-state index contributed by atoms with van der Waals surface area (Å²) in [7, 11) is 0. The average Bonchev–Trinajstić information content (AvgIpc) is 3.13. The van der Waals surface area contributed by atoms with Crippen LogP contribution in [0.2, 0.25) is 0 Å². The zero-order valence-corrected chi connectivity index (χ0v) is 15.9. The second-order valence-electron chi connectivity index (χ2n) is 7.23. The fraction of sp³-hybridized carbons (Fsp3) is 0.857. The van der Waals surface area contributed by atoms with Gasteiger partial charge in [-0.05, 0) is 6.42 Å². The van der Waals surface area contributed by atoms with E-state index in [0.717, 1.165) is 12.8 Å². The molecule has 1 aromatic heterocycles. The Kier molecular flexibility index (Phi) is 13.9. The molecule has 0 saturated heterocycles. The van der Waals surface area contributed by atoms with Gasteiger partial charge in [-0.15, -0.1) is 0 Å². The molecule has 0 aliphatic carbocycles. The van der Waals surface area contributed by atoms with Crippen LogP contribution in [-0.2, 0) is 0 Å². The van der Waals surface area contributed by atoms with E-state index in [2.05, 4.69) is 16.9 Å². The Labute approximate surface area is 149 Å². The minimum atomic E-state index is -0.415. The van der Waals surface area contributed by atoms with Gasteiger partial charge in [0.2, 0.25) is 0 Å². The molecule has 0 spiro atoms. The quantitative estimate of drug-likeness (QED) is 0.311. The molecule has 1 heterocycles. The number of hydrogen-bond donors (Lipinski definition) is 2. The Morgan fingerprint density at radius 1 is 0.792 bits per heavy atom. The summed E-state index contributed by atoms with van der Waals surface area (Å²) in [5.74, 6) is 0.709. The Balaban J connectivity index is 1.73. The summed E-state index contributed by atoms with van der Waals surface area (Å²) in [6.45, 7) is 2.28. The molecule has 1 atom stereocenters. The van der Waals surface area contributed by atoms with E-state index in [1.54, 1.807) is 12.4 Å². The van der Waals surface area contributed by atoms with Crippen LogP contribution >= 0.6 is 0 Å². The molecule has 1 aromatic rings. The second kappa shape index (κ2) is 15.7. The summed E-state index contributed by atoms with van der Waals surface area (Å²) in [6, 6.07) is 0. The van der Waals surface area contributed by atoms with Crippen molar-refractivity contribution in [3.8, 4) is 0 Å². The topological polar surface area (TPSA) is 48.9 Å². The van der Waals surface area contributed by atoms with E-state index in [4.69, 9.17) is 0 Å². The van der Waals surface area contributed by atoms with Crippen LogP contribution < -0.4 is 0 Å². The van der Waals surface area contributed by atoms with Crippen molar-refractivity contribution >= 4 is 0 Å². The van der Waals surface area contributed by atoms with Crippen molar-refractivity contribution in [2.24, 2.45) is 0 Å². The molecule has 3 heteroatoms. The van der Waals surface area contributed by atoms with Gasteiger partial charge in [0.15, 0.2) is 0 Å². The molecule has 0 radical (unpaired) electrons. The smallest absolute Gasteiger partial charge is 0.134 e. The first-order valence-electron chi connectivity index (χ1n) is 10.5. The summed E-state index contributed by atoms with van der Waals surface area (Å²) in [5, 5.41) is 9.92. The number of imidazole rings is 1. The molecule has 3 nitrogen and oxygen atoms in total. The van der Waals surface area contributed by atoms with Gasteiger partial charge in [-0.3, -0.25) is 0 Å². The van der Waals surface area contributed by atoms with E-state index >= 15 is 0 Å². The number of nitrogens with zero attached hydrogens (tertiary/aromatic N) is 1. The van der Waals surface area contributed by atoms with Crippen molar-refractivity contribution in [2.45, 2.75) is 116 Å². The Bertz CT molecular complexity index is 351. The molecule has 0 saturated carbocycles. The third-order valence-electron chi connectivity index (χ3n) is 4.92. The van der Waals surface area contributed by atoms with Crippen LogP contribution in [0.4, 0.5) is 0 Å². The lowest BCUT2D eigenvalue weighted by atomic mass is 10.0. The standard InChI is InChI=1S/C21H40N2O/c1-2-3-4-5-6-7-8-9-10-11-12-13-14-15-16-17-20(24)21-22-18-19-23-21/h18-20,24H,2-17H2,1H3,(H,22,23). The number of aliphatic hydroxyl groups excluding tert-OH is 1. The number of nitrogens with one attached hydrogen (secondary N) is 1. The van der Waals surface area contributed by atoms with E-state index in [1.807, 2.05) is 0 Å². The molecular formula is C21H40N2O. The number of aromatic nitrogens is 2. The fourth-order valence-electron chi connectivity index (χ4n) is 3.31. The molecular weight excluding hydrogens is 296 g/mol. The van der Waals surface area contributed by atoms with Crippen molar-refractivity contribution in [2.75, 3.05) is 0 Å². The third kappa shape index (κ3) is 11.7. The van der Waals surface area contributed by atoms with Gasteiger partial charge in [-0.2, -0.15) is 0 Å². The van der Waals surface area contributed by atoms with Crippen LogP contribution in [0, 0.1) is 0 Å². The van der Waals surface area contributed by atoms with Gasteiger partial charge in [0.05, 0.1) is 0 Å². The number of rotatable bonds is 17. The van der Waals surface area contributed by atoms with Gasteiger partial charge >= 0.3 is 0 Å². The first kappa shape index (κ1) is 21.2. The molecule has 1 rings (SSSR count). The van der Waals surface area contributed by atoms with E-state index in [9.17, 15) is 5.11 Å². The normalized spacial score (nSPS) is 12.6. The van der Waals surface area contributed by atoms with Crippen LogP contribution in [0.25, 0.3) is 0 Å². The molecule has 0 aromatic carbocycles. The molecule has 140 valence electrons. The predicted octanol–water partition coefficient (Wildman–Crippen LogP) is 6.70. The highest BCUT2D eigenvalue weighted by atomic mass is 16.3. The number of aromatic amines is 1. The fourth-order valence-corrected chi connectivity index (χ4v) is 3.31. The third-order valence-corrected chi connectivity index (χ3v) is 4.92. The zero-order chi connectivity index (χ0) is 17.3. The van der Waals surface area contributed by atoms with Gasteiger partial charge in [0.1, 0.15) is 11.9 Å². The molecule has 1 unspecified atom stereocenters. The van der Waals surface area contributed by atoms with Crippen LogP contribution in [0.15, 0.2) is 12.4 Å². The molecule has 2 N–H and O–H groups in total. The summed E-state index contributed by atoms with van der Waals surface area (Å²) in [4.78, 5) is 7.08.